The third kappa shape index (κ3) is 3.86. The van der Waals surface area contributed by atoms with Crippen LogP contribution in [-0.4, -0.2) is 46.0 Å². The minimum Gasteiger partial charge on any atom is -0.444 e. The molecule has 0 aliphatic carbocycles. The highest BCUT2D eigenvalue weighted by atomic mass is 16.6. The summed E-state index contributed by atoms with van der Waals surface area (Å²) in [5, 5.41) is 4.16. The largest absolute Gasteiger partial charge is 0.444 e. The number of ether oxygens (including phenoxy) is 1. The summed E-state index contributed by atoms with van der Waals surface area (Å²) in [5.41, 5.74) is 2.80. The molecule has 2 aromatic rings. The lowest BCUT2D eigenvalue weighted by molar-refractivity contribution is 0.0198. The van der Waals surface area contributed by atoms with Crippen LogP contribution in [0.5, 0.6) is 0 Å². The number of aliphatic imine (C=N–C) groups is 1. The van der Waals surface area contributed by atoms with E-state index in [9.17, 15) is 4.79 Å². The average Bonchev–Trinajstić information content (AvgIpc) is 3.29. The summed E-state index contributed by atoms with van der Waals surface area (Å²) in [7, 11) is 0. The summed E-state index contributed by atoms with van der Waals surface area (Å²) in [5.74, 6) is 1.42. The topological polar surface area (TPSA) is 80.8 Å². The molecule has 1 fully saturated rings. The lowest BCUT2D eigenvalue weighted by Crippen LogP contribution is -2.41. The predicted molar refractivity (Wildman–Crippen MR) is 101 cm³/mol. The summed E-state index contributed by atoms with van der Waals surface area (Å²) in [4.78, 5) is 22.8. The molecule has 1 aromatic carbocycles. The maximum Gasteiger partial charge on any atom is 0.410 e. The Bertz CT molecular complexity index is 874. The SMILES string of the molecule is CC(C)(C)OC(=O)N1CCC(c2nc(-c3ccc4c(c3)CN=C4)no2)CC1. The molecule has 7 nitrogen and oxygen atoms in total. The van der Waals surface area contributed by atoms with Crippen molar-refractivity contribution in [1.29, 1.82) is 0 Å². The zero-order valence-electron chi connectivity index (χ0n) is 15.9. The predicted octanol–water partition coefficient (Wildman–Crippen LogP) is 3.78. The van der Waals surface area contributed by atoms with Gasteiger partial charge in [0.15, 0.2) is 0 Å². The van der Waals surface area contributed by atoms with Crippen molar-refractivity contribution < 1.29 is 14.1 Å². The van der Waals surface area contributed by atoms with Gasteiger partial charge in [-0.1, -0.05) is 17.3 Å². The lowest BCUT2D eigenvalue weighted by atomic mass is 9.97. The second kappa shape index (κ2) is 6.79. The average molecular weight is 368 g/mol. The van der Waals surface area contributed by atoms with E-state index < -0.39 is 5.60 Å². The van der Waals surface area contributed by atoms with E-state index >= 15 is 0 Å². The fraction of sp³-hybridized carbons (Fsp3) is 0.500. The molecule has 0 unspecified atom stereocenters. The lowest BCUT2D eigenvalue weighted by Gasteiger charge is -2.32. The van der Waals surface area contributed by atoms with Crippen LogP contribution in [0.2, 0.25) is 0 Å². The molecule has 0 radical (unpaired) electrons. The van der Waals surface area contributed by atoms with Crippen LogP contribution in [0.3, 0.4) is 0 Å². The first kappa shape index (κ1) is 17.7. The number of carbonyl (C=O) groups excluding carboxylic acids is 1. The Hall–Kier alpha value is -2.70. The molecule has 0 spiro atoms. The highest BCUT2D eigenvalue weighted by Gasteiger charge is 2.30. The van der Waals surface area contributed by atoms with Crippen molar-refractivity contribution in [3.05, 3.63) is 35.2 Å². The van der Waals surface area contributed by atoms with Gasteiger partial charge in [-0.3, -0.25) is 4.99 Å². The Labute approximate surface area is 158 Å². The summed E-state index contributed by atoms with van der Waals surface area (Å²) in [6.07, 6.45) is 3.21. The van der Waals surface area contributed by atoms with E-state index in [1.165, 1.54) is 5.56 Å². The molecular formula is C20H24N4O3. The minimum absolute atomic E-state index is 0.169. The number of aromatic nitrogens is 2. The van der Waals surface area contributed by atoms with Gasteiger partial charge in [-0.05, 0) is 50.8 Å². The van der Waals surface area contributed by atoms with E-state index in [1.807, 2.05) is 39.1 Å². The van der Waals surface area contributed by atoms with Crippen LogP contribution in [0.25, 0.3) is 11.4 Å². The van der Waals surface area contributed by atoms with Gasteiger partial charge in [0, 0.05) is 30.8 Å². The highest BCUT2D eigenvalue weighted by molar-refractivity contribution is 5.85. The van der Waals surface area contributed by atoms with Gasteiger partial charge in [-0.15, -0.1) is 0 Å². The van der Waals surface area contributed by atoms with Crippen molar-refractivity contribution >= 4 is 12.3 Å². The molecule has 1 amide bonds. The molecule has 1 saturated heterocycles. The third-order valence-corrected chi connectivity index (χ3v) is 4.83. The minimum atomic E-state index is -0.476. The number of amides is 1. The van der Waals surface area contributed by atoms with Crippen LogP contribution in [0.15, 0.2) is 27.7 Å². The summed E-state index contributed by atoms with van der Waals surface area (Å²) in [6, 6.07) is 6.11. The molecule has 0 saturated carbocycles. The number of piperidine rings is 1. The molecule has 0 N–H and O–H groups in total. The Kier molecular flexibility index (Phi) is 4.45. The number of hydrogen-bond donors (Lipinski definition) is 0. The van der Waals surface area contributed by atoms with Crippen molar-refractivity contribution in [1.82, 2.24) is 15.0 Å². The monoisotopic (exact) mass is 368 g/mol. The maximum absolute atomic E-state index is 12.2. The van der Waals surface area contributed by atoms with Crippen LogP contribution in [-0.2, 0) is 11.3 Å². The zero-order valence-corrected chi connectivity index (χ0v) is 15.9. The first-order valence-corrected chi connectivity index (χ1v) is 9.34. The molecule has 3 heterocycles. The second-order valence-electron chi connectivity index (χ2n) is 8.08. The Morgan fingerprint density at radius 1 is 1.26 bits per heavy atom. The molecule has 0 bridgehead atoms. The Balaban J connectivity index is 1.39. The van der Waals surface area contributed by atoms with Crippen LogP contribution in [0.4, 0.5) is 4.79 Å². The number of nitrogens with zero attached hydrogens (tertiary/aromatic N) is 4. The molecule has 0 atom stereocenters. The van der Waals surface area contributed by atoms with Crippen LogP contribution >= 0.6 is 0 Å². The van der Waals surface area contributed by atoms with Crippen LogP contribution in [0, 0.1) is 0 Å². The fourth-order valence-electron chi connectivity index (χ4n) is 3.40. The number of benzene rings is 1. The quantitative estimate of drug-likeness (QED) is 0.806. The first-order valence-electron chi connectivity index (χ1n) is 9.34. The van der Waals surface area contributed by atoms with E-state index in [2.05, 4.69) is 21.2 Å². The van der Waals surface area contributed by atoms with E-state index in [-0.39, 0.29) is 12.0 Å². The summed E-state index contributed by atoms with van der Waals surface area (Å²) >= 11 is 0. The summed E-state index contributed by atoms with van der Waals surface area (Å²) in [6.45, 7) is 7.60. The van der Waals surface area contributed by atoms with E-state index in [0.29, 0.717) is 31.3 Å². The summed E-state index contributed by atoms with van der Waals surface area (Å²) < 4.78 is 11.0. The molecule has 27 heavy (non-hydrogen) atoms. The van der Waals surface area contributed by atoms with Gasteiger partial charge in [-0.25, -0.2) is 4.79 Å². The van der Waals surface area contributed by atoms with Gasteiger partial charge in [-0.2, -0.15) is 4.98 Å². The van der Waals surface area contributed by atoms with Gasteiger partial charge < -0.3 is 14.2 Å². The third-order valence-electron chi connectivity index (χ3n) is 4.83. The smallest absolute Gasteiger partial charge is 0.410 e. The molecule has 1 aromatic heterocycles. The van der Waals surface area contributed by atoms with Gasteiger partial charge >= 0.3 is 6.09 Å². The van der Waals surface area contributed by atoms with Gasteiger partial charge in [0.2, 0.25) is 11.7 Å². The molecule has 2 aliphatic heterocycles. The fourth-order valence-corrected chi connectivity index (χ4v) is 3.40. The van der Waals surface area contributed by atoms with E-state index in [0.717, 1.165) is 24.0 Å². The zero-order chi connectivity index (χ0) is 19.0. The maximum atomic E-state index is 12.2. The molecule has 142 valence electrons. The van der Waals surface area contributed by atoms with Gasteiger partial charge in [0.25, 0.3) is 0 Å². The van der Waals surface area contributed by atoms with Crippen molar-refractivity contribution in [3.8, 4) is 11.4 Å². The van der Waals surface area contributed by atoms with Crippen LogP contribution in [0.1, 0.15) is 56.5 Å². The molecule has 2 aliphatic rings. The van der Waals surface area contributed by atoms with Gasteiger partial charge in [0.1, 0.15) is 5.60 Å². The number of hydrogen-bond acceptors (Lipinski definition) is 6. The molecule has 4 rings (SSSR count). The second-order valence-corrected chi connectivity index (χ2v) is 8.08. The van der Waals surface area contributed by atoms with E-state index in [1.54, 1.807) is 4.90 Å². The van der Waals surface area contributed by atoms with Crippen molar-refractivity contribution in [2.75, 3.05) is 13.1 Å². The molecular weight excluding hydrogens is 344 g/mol. The normalized spacial score (nSPS) is 17.2. The Morgan fingerprint density at radius 2 is 2.04 bits per heavy atom. The highest BCUT2D eigenvalue weighted by Crippen LogP contribution is 2.30. The number of rotatable bonds is 2. The van der Waals surface area contributed by atoms with Crippen LogP contribution < -0.4 is 0 Å². The van der Waals surface area contributed by atoms with Crippen molar-refractivity contribution in [3.63, 3.8) is 0 Å². The number of fused-ring (bicyclic) bond motifs is 1. The number of carbonyl (C=O) groups is 1. The molecule has 7 heteroatoms. The van der Waals surface area contributed by atoms with Crippen molar-refractivity contribution in [2.24, 2.45) is 4.99 Å². The first-order chi connectivity index (χ1) is 12.9. The van der Waals surface area contributed by atoms with Gasteiger partial charge in [0.05, 0.1) is 6.54 Å². The number of likely N-dealkylation sites (tertiary alicyclic amines) is 1. The Morgan fingerprint density at radius 3 is 2.78 bits per heavy atom. The van der Waals surface area contributed by atoms with E-state index in [4.69, 9.17) is 9.26 Å². The van der Waals surface area contributed by atoms with Crippen molar-refractivity contribution in [2.45, 2.75) is 51.7 Å². The standard InChI is InChI=1S/C20H24N4O3/c1-20(2,3)26-19(25)24-8-6-13(7-9-24)18-22-17(23-27-18)14-4-5-15-11-21-12-16(15)10-14/h4-5,10-11,13H,6-9,12H2,1-3H3.